The Morgan fingerprint density at radius 3 is 2.23 bits per heavy atom. The summed E-state index contributed by atoms with van der Waals surface area (Å²) in [7, 11) is 4.02. The Hall–Kier alpha value is -4.03. The molecule has 1 atom stereocenters. The third kappa shape index (κ3) is 22.5. The third-order valence-electron chi connectivity index (χ3n) is 7.96. The number of carbonyl (C=O) groups excluding carboxylic acids is 2. The Morgan fingerprint density at radius 2 is 1.73 bits per heavy atom. The number of allylic oxidation sites excluding steroid dienone is 5. The van der Waals surface area contributed by atoms with Gasteiger partial charge in [-0.15, -0.1) is 11.6 Å². The monoisotopic (exact) mass is 822 g/mol. The number of aromatic nitrogens is 2. The Bertz CT molecular complexity index is 1560. The van der Waals surface area contributed by atoms with Gasteiger partial charge >= 0.3 is 6.18 Å². The summed E-state index contributed by atoms with van der Waals surface area (Å²) in [5, 5.41) is 11.0. The molecular weight excluding hydrogens is 760 g/mol. The number of likely N-dealkylation sites (N-methyl/N-ethyl adjacent to an activating group) is 2. The first-order valence-corrected chi connectivity index (χ1v) is 19.9. The maximum atomic E-state index is 13.4. The average molecular weight is 824 g/mol. The highest BCUT2D eigenvalue weighted by atomic mass is 35.5. The van der Waals surface area contributed by atoms with Crippen molar-refractivity contribution in [3.63, 3.8) is 0 Å². The molecule has 1 heterocycles. The molecule has 56 heavy (non-hydrogen) atoms. The molecule has 0 spiro atoms. The van der Waals surface area contributed by atoms with Gasteiger partial charge < -0.3 is 10.6 Å². The van der Waals surface area contributed by atoms with E-state index >= 15 is 0 Å². The maximum absolute atomic E-state index is 13.4. The molecule has 3 rings (SSSR count). The van der Waals surface area contributed by atoms with Crippen LogP contribution in [0.2, 0.25) is 0 Å². The molecule has 8 nitrogen and oxygen atoms in total. The maximum Gasteiger partial charge on any atom is 0.432 e. The lowest BCUT2D eigenvalue weighted by Gasteiger charge is -2.32. The molecule has 13 heteroatoms. The molecule has 1 aromatic carbocycles. The second kappa shape index (κ2) is 33.1. The summed E-state index contributed by atoms with van der Waals surface area (Å²) in [6.07, 6.45) is 17.0. The number of H-pyrrole nitrogens is 1. The number of aliphatic imine (C=N–C) groups is 1. The van der Waals surface area contributed by atoms with E-state index in [-0.39, 0.29) is 23.9 Å². The molecule has 3 N–H and O–H groups in total. The smallest absolute Gasteiger partial charge is 0.322 e. The summed E-state index contributed by atoms with van der Waals surface area (Å²) in [4.78, 5) is 29.4. The predicted molar refractivity (Wildman–Crippen MR) is 232 cm³/mol. The van der Waals surface area contributed by atoms with Crippen LogP contribution in [-0.4, -0.2) is 66.2 Å². The van der Waals surface area contributed by atoms with Crippen molar-refractivity contribution in [3.05, 3.63) is 118 Å². The lowest BCUT2D eigenvalue weighted by Crippen LogP contribution is -2.38. The van der Waals surface area contributed by atoms with E-state index in [1.165, 1.54) is 43.8 Å². The Balaban J connectivity index is 0. The van der Waals surface area contributed by atoms with Gasteiger partial charge in [0.25, 0.3) is 5.91 Å². The fourth-order valence-electron chi connectivity index (χ4n) is 4.94. The number of carbonyl (C=O) groups is 2. The van der Waals surface area contributed by atoms with Gasteiger partial charge in [-0.3, -0.25) is 24.6 Å². The van der Waals surface area contributed by atoms with Crippen molar-refractivity contribution < 1.29 is 22.8 Å². The van der Waals surface area contributed by atoms with E-state index in [2.05, 4.69) is 45.3 Å². The van der Waals surface area contributed by atoms with Crippen LogP contribution in [0.5, 0.6) is 0 Å². The predicted octanol–water partition coefficient (Wildman–Crippen LogP) is 11.5. The summed E-state index contributed by atoms with van der Waals surface area (Å²) in [5.74, 6) is 0.240. The second-order valence-corrected chi connectivity index (χ2v) is 12.2. The molecule has 0 saturated heterocycles. The molecule has 0 aliphatic heterocycles. The van der Waals surface area contributed by atoms with Crippen molar-refractivity contribution in [2.45, 2.75) is 105 Å². The van der Waals surface area contributed by atoms with Gasteiger partial charge in [0.1, 0.15) is 11.4 Å². The molecule has 1 aliphatic rings. The number of alkyl halides is 4. The minimum Gasteiger partial charge on any atom is -0.322 e. The van der Waals surface area contributed by atoms with Crippen molar-refractivity contribution in [1.82, 2.24) is 25.7 Å². The van der Waals surface area contributed by atoms with Gasteiger partial charge in [0.2, 0.25) is 0 Å². The lowest BCUT2D eigenvalue weighted by molar-refractivity contribution is -0.141. The molecule has 1 saturated carbocycles. The van der Waals surface area contributed by atoms with Crippen LogP contribution in [-0.2, 0) is 16.9 Å². The summed E-state index contributed by atoms with van der Waals surface area (Å²) < 4.78 is 35.3. The quantitative estimate of drug-likeness (QED) is 0.0579. The van der Waals surface area contributed by atoms with Crippen molar-refractivity contribution >= 4 is 47.7 Å². The lowest BCUT2D eigenvalue weighted by atomic mass is 9.94. The number of nitrogens with zero attached hydrogens (tertiary/aromatic N) is 3. The Kier molecular flexibility index (Phi) is 32.0. The second-order valence-electron chi connectivity index (χ2n) is 11.7. The zero-order valence-corrected chi connectivity index (χ0v) is 36.0. The van der Waals surface area contributed by atoms with Crippen LogP contribution in [0, 0.1) is 0 Å². The summed E-state index contributed by atoms with van der Waals surface area (Å²) in [6.45, 7) is 18.9. The van der Waals surface area contributed by atoms with E-state index in [0.29, 0.717) is 29.3 Å². The van der Waals surface area contributed by atoms with Gasteiger partial charge in [-0.1, -0.05) is 114 Å². The van der Waals surface area contributed by atoms with E-state index in [0.717, 1.165) is 23.2 Å². The summed E-state index contributed by atoms with van der Waals surface area (Å²) >= 11 is 11.3. The van der Waals surface area contributed by atoms with Crippen molar-refractivity contribution in [3.8, 4) is 0 Å². The van der Waals surface area contributed by atoms with Crippen LogP contribution in [0.15, 0.2) is 101 Å². The van der Waals surface area contributed by atoms with E-state index in [9.17, 15) is 22.8 Å². The molecule has 312 valence electrons. The molecule has 1 fully saturated rings. The molecular formula is C43H63Cl2F3N6O2. The molecule has 1 aromatic heterocycles. The van der Waals surface area contributed by atoms with Crippen molar-refractivity contribution in [2.75, 3.05) is 20.6 Å². The van der Waals surface area contributed by atoms with Gasteiger partial charge in [0.15, 0.2) is 6.29 Å². The molecule has 1 amide bonds. The Morgan fingerprint density at radius 1 is 1.11 bits per heavy atom. The molecule has 1 aliphatic carbocycles. The van der Waals surface area contributed by atoms with Crippen LogP contribution < -0.4 is 10.6 Å². The molecule has 0 bridgehead atoms. The topological polar surface area (TPSA) is 102 Å². The van der Waals surface area contributed by atoms with Gasteiger partial charge in [-0.2, -0.15) is 18.3 Å². The van der Waals surface area contributed by atoms with Gasteiger partial charge in [-0.25, -0.2) is 0 Å². The first-order chi connectivity index (χ1) is 26.9. The zero-order chi connectivity index (χ0) is 42.9. The fourth-order valence-corrected chi connectivity index (χ4v) is 5.25. The number of aromatic amines is 1. The van der Waals surface area contributed by atoms with Crippen molar-refractivity contribution in [2.24, 2.45) is 4.99 Å². The summed E-state index contributed by atoms with van der Waals surface area (Å²) in [5.41, 5.74) is 4.34. The van der Waals surface area contributed by atoms with Crippen LogP contribution in [0.1, 0.15) is 108 Å². The number of benzene rings is 1. The minimum atomic E-state index is -4.46. The first-order valence-electron chi connectivity index (χ1n) is 18.9. The van der Waals surface area contributed by atoms with E-state index in [1.54, 1.807) is 11.3 Å². The average Bonchev–Trinajstić information content (AvgIpc) is 3.73. The first kappa shape index (κ1) is 54.1. The highest BCUT2D eigenvalue weighted by Crippen LogP contribution is 2.27. The molecule has 0 radical (unpaired) electrons. The highest BCUT2D eigenvalue weighted by molar-refractivity contribution is 6.25. The van der Waals surface area contributed by atoms with E-state index < -0.39 is 11.9 Å². The van der Waals surface area contributed by atoms with Crippen LogP contribution in [0.25, 0.3) is 6.08 Å². The number of nitrogens with one attached hydrogen (secondary N) is 3. The van der Waals surface area contributed by atoms with E-state index in [4.69, 9.17) is 23.2 Å². The zero-order valence-electron chi connectivity index (χ0n) is 34.5. The van der Waals surface area contributed by atoms with Gasteiger partial charge in [0.05, 0.1) is 0 Å². The minimum absolute atomic E-state index is 0.130. The summed E-state index contributed by atoms with van der Waals surface area (Å²) in [6, 6.07) is 8.98. The number of rotatable bonds is 14. The number of halogens is 5. The van der Waals surface area contributed by atoms with Gasteiger partial charge in [-0.05, 0) is 82.6 Å². The molecule has 2 aromatic rings. The normalized spacial score (nSPS) is 14.3. The number of amides is 1. The van der Waals surface area contributed by atoms with Crippen LogP contribution in [0.4, 0.5) is 13.2 Å². The van der Waals surface area contributed by atoms with E-state index in [1.807, 2.05) is 110 Å². The Labute approximate surface area is 343 Å². The largest absolute Gasteiger partial charge is 0.432 e. The SMILES string of the molecule is C=C(NC(=O)/C(=C/c1ccccc1CCl)C(C)NC)/C(=C\C=C/C)CN(C)C1CCCCC1.CC.CC.C\C=C/C=N\C=C\Cl.O=Cc1cc(C(F)(F)F)[nH]n1. The molecule has 1 unspecified atom stereocenters. The van der Waals surface area contributed by atoms with Crippen LogP contribution >= 0.6 is 23.2 Å². The highest BCUT2D eigenvalue weighted by Gasteiger charge is 2.33. The third-order valence-corrected chi connectivity index (χ3v) is 8.36. The van der Waals surface area contributed by atoms with Crippen LogP contribution in [0.3, 0.4) is 0 Å². The van der Waals surface area contributed by atoms with Crippen molar-refractivity contribution in [1.29, 1.82) is 0 Å². The number of hydrogen-bond acceptors (Lipinski definition) is 6. The number of hydrogen-bond donors (Lipinski definition) is 3. The number of aldehydes is 1. The van der Waals surface area contributed by atoms with Gasteiger partial charge in [0, 0.05) is 53.7 Å². The standard InChI is InChI=1S/C28H40ClN3O.C6H8ClN.C5H3F3N2O.2C2H6/c1-6-7-13-25(20-32(5)26-16-9-8-10-17-26)21(2)31-28(33)27(22(3)30-4)18-23-14-11-12-15-24(23)19-29;1-2-3-5-8-6-4-7;6-5(7,8)4-1-3(2-11)9-10-4;2*1-2/h6-7,11-15,18,22,26,30H,2,8-10,16-17,19-20H2,1,3-5H3,(H,31,33);2-6H,1H3;1-2H,(H,9,10);2*1-2H3/b7-6-,25-13-,27-18+;3-2-,6-4+,8-5-;;;. The fraction of sp³-hybridized carbons (Fsp3) is 0.442.